The van der Waals surface area contributed by atoms with Crippen molar-refractivity contribution in [3.8, 4) is 0 Å². The molecular weight excluding hydrogens is 288 g/mol. The van der Waals surface area contributed by atoms with Crippen LogP contribution in [0, 0.1) is 5.92 Å². The molecule has 1 amide bonds. The Bertz CT molecular complexity index is 530. The van der Waals surface area contributed by atoms with E-state index >= 15 is 0 Å². The highest BCUT2D eigenvalue weighted by molar-refractivity contribution is 5.95. The minimum absolute atomic E-state index is 0.0197. The van der Waals surface area contributed by atoms with E-state index in [1.54, 1.807) is 6.20 Å². The van der Waals surface area contributed by atoms with Crippen LogP contribution in [0.5, 0.6) is 0 Å². The highest BCUT2D eigenvalue weighted by Gasteiger charge is 2.25. The number of carbonyl (C=O) groups excluding carboxylic acids is 1. The second-order valence-corrected chi connectivity index (χ2v) is 7.61. The number of aromatic nitrogens is 2. The molecule has 1 N–H and O–H groups in total. The Balaban J connectivity index is 1.95. The molecule has 2 heterocycles. The first-order chi connectivity index (χ1) is 10.9. The van der Waals surface area contributed by atoms with Crippen LogP contribution >= 0.6 is 0 Å². The molecule has 2 rings (SSSR count). The van der Waals surface area contributed by atoms with Gasteiger partial charge in [0, 0.05) is 13.1 Å². The summed E-state index contributed by atoms with van der Waals surface area (Å²) >= 11 is 0. The molecule has 0 aliphatic carbocycles. The van der Waals surface area contributed by atoms with Gasteiger partial charge >= 0.3 is 0 Å². The van der Waals surface area contributed by atoms with Gasteiger partial charge in [0.15, 0.2) is 0 Å². The number of nitrogens with one attached hydrogen (secondary N) is 1. The zero-order valence-electron chi connectivity index (χ0n) is 15.4. The monoisotopic (exact) mass is 320 g/mol. The Labute approximate surface area is 140 Å². The van der Waals surface area contributed by atoms with Gasteiger partial charge in [-0.2, -0.15) is 5.10 Å². The highest BCUT2D eigenvalue weighted by atomic mass is 16.1. The van der Waals surface area contributed by atoms with Crippen molar-refractivity contribution >= 4 is 5.91 Å². The number of rotatable bonds is 6. The smallest absolute Gasteiger partial charge is 0.254 e. The summed E-state index contributed by atoms with van der Waals surface area (Å²) in [5, 5.41) is 7.57. The lowest BCUT2D eigenvalue weighted by molar-refractivity contribution is 0.0946. The van der Waals surface area contributed by atoms with E-state index in [9.17, 15) is 4.79 Å². The van der Waals surface area contributed by atoms with Gasteiger partial charge in [-0.3, -0.25) is 9.48 Å². The second-order valence-electron chi connectivity index (χ2n) is 7.61. The first-order valence-electron chi connectivity index (χ1n) is 8.94. The largest absolute Gasteiger partial charge is 0.352 e. The SMILES string of the molecule is CCCN1CCC(CNC(=O)c2cnn(C(C)(C)C)c2CC)C1. The van der Waals surface area contributed by atoms with Crippen molar-refractivity contribution in [3.05, 3.63) is 17.5 Å². The number of hydrogen-bond acceptors (Lipinski definition) is 3. The summed E-state index contributed by atoms with van der Waals surface area (Å²) in [6.07, 6.45) is 4.91. The lowest BCUT2D eigenvalue weighted by Gasteiger charge is -2.22. The maximum absolute atomic E-state index is 12.6. The van der Waals surface area contributed by atoms with Gasteiger partial charge in [0.1, 0.15) is 0 Å². The fraction of sp³-hybridized carbons (Fsp3) is 0.778. The molecule has 0 bridgehead atoms. The van der Waals surface area contributed by atoms with Gasteiger partial charge in [0.05, 0.1) is 23.0 Å². The van der Waals surface area contributed by atoms with E-state index in [4.69, 9.17) is 0 Å². The minimum Gasteiger partial charge on any atom is -0.352 e. The van der Waals surface area contributed by atoms with Gasteiger partial charge < -0.3 is 10.2 Å². The van der Waals surface area contributed by atoms with Gasteiger partial charge in [0.2, 0.25) is 0 Å². The summed E-state index contributed by atoms with van der Waals surface area (Å²) in [6, 6.07) is 0. The molecule has 5 heteroatoms. The Hall–Kier alpha value is -1.36. The van der Waals surface area contributed by atoms with E-state index in [0.29, 0.717) is 5.92 Å². The molecule has 1 aromatic rings. The number of nitrogens with zero attached hydrogens (tertiary/aromatic N) is 3. The third-order valence-corrected chi connectivity index (χ3v) is 4.54. The van der Waals surface area contributed by atoms with Crippen LogP contribution in [-0.4, -0.2) is 46.8 Å². The van der Waals surface area contributed by atoms with E-state index in [1.165, 1.54) is 19.4 Å². The molecule has 1 atom stereocenters. The molecule has 0 saturated carbocycles. The fourth-order valence-corrected chi connectivity index (χ4v) is 3.41. The lowest BCUT2D eigenvalue weighted by Crippen LogP contribution is -2.32. The Morgan fingerprint density at radius 2 is 2.13 bits per heavy atom. The summed E-state index contributed by atoms with van der Waals surface area (Å²) in [6.45, 7) is 14.8. The quantitative estimate of drug-likeness (QED) is 0.877. The third kappa shape index (κ3) is 4.34. The maximum atomic E-state index is 12.6. The van der Waals surface area contributed by atoms with Crippen molar-refractivity contribution in [2.24, 2.45) is 5.92 Å². The predicted molar refractivity (Wildman–Crippen MR) is 93.8 cm³/mol. The molecule has 0 spiro atoms. The number of carbonyl (C=O) groups is 1. The standard InChI is InChI=1S/C18H32N4O/c1-6-9-21-10-8-14(13-21)11-19-17(23)15-12-20-22(16(15)7-2)18(3,4)5/h12,14H,6-11,13H2,1-5H3,(H,19,23). The molecule has 0 aromatic carbocycles. The molecule has 5 nitrogen and oxygen atoms in total. The van der Waals surface area contributed by atoms with E-state index in [-0.39, 0.29) is 11.4 Å². The van der Waals surface area contributed by atoms with Gasteiger partial charge in [-0.1, -0.05) is 13.8 Å². The van der Waals surface area contributed by atoms with E-state index < -0.39 is 0 Å². The highest BCUT2D eigenvalue weighted by Crippen LogP contribution is 2.20. The topological polar surface area (TPSA) is 50.2 Å². The molecule has 1 aliphatic heterocycles. The van der Waals surface area contributed by atoms with E-state index in [2.05, 4.69) is 49.9 Å². The summed E-state index contributed by atoms with van der Waals surface area (Å²) in [4.78, 5) is 15.0. The number of hydrogen-bond donors (Lipinski definition) is 1. The maximum Gasteiger partial charge on any atom is 0.254 e. The third-order valence-electron chi connectivity index (χ3n) is 4.54. The Kier molecular flexibility index (Phi) is 5.84. The van der Waals surface area contributed by atoms with Crippen LogP contribution in [0.15, 0.2) is 6.20 Å². The molecule has 130 valence electrons. The van der Waals surface area contributed by atoms with Crippen molar-refractivity contribution in [2.75, 3.05) is 26.2 Å². The number of amides is 1. The molecule has 1 aromatic heterocycles. The predicted octanol–water partition coefficient (Wildman–Crippen LogP) is 2.66. The van der Waals surface area contributed by atoms with Crippen molar-refractivity contribution < 1.29 is 4.79 Å². The molecule has 1 unspecified atom stereocenters. The second kappa shape index (κ2) is 7.47. The van der Waals surface area contributed by atoms with E-state index in [0.717, 1.165) is 37.3 Å². The van der Waals surface area contributed by atoms with Crippen LogP contribution < -0.4 is 5.32 Å². The van der Waals surface area contributed by atoms with Crippen LogP contribution in [0.3, 0.4) is 0 Å². The molecule has 1 saturated heterocycles. The average Bonchev–Trinajstić information content (AvgIpc) is 3.10. The van der Waals surface area contributed by atoms with Crippen molar-refractivity contribution in [1.29, 1.82) is 0 Å². The van der Waals surface area contributed by atoms with Crippen LogP contribution in [0.2, 0.25) is 0 Å². The van der Waals surface area contributed by atoms with Gasteiger partial charge in [-0.15, -0.1) is 0 Å². The van der Waals surface area contributed by atoms with Crippen molar-refractivity contribution in [2.45, 2.75) is 59.4 Å². The fourth-order valence-electron chi connectivity index (χ4n) is 3.41. The first kappa shape index (κ1) is 18.0. The summed E-state index contributed by atoms with van der Waals surface area (Å²) in [7, 11) is 0. The zero-order chi connectivity index (χ0) is 17.0. The summed E-state index contributed by atoms with van der Waals surface area (Å²) in [5.41, 5.74) is 1.65. The molecule has 23 heavy (non-hydrogen) atoms. The summed E-state index contributed by atoms with van der Waals surface area (Å²) in [5.74, 6) is 0.597. The molecule has 0 radical (unpaired) electrons. The average molecular weight is 320 g/mol. The van der Waals surface area contributed by atoms with Crippen LogP contribution in [-0.2, 0) is 12.0 Å². The van der Waals surface area contributed by atoms with Crippen LogP contribution in [0.1, 0.15) is 63.5 Å². The number of likely N-dealkylation sites (tertiary alicyclic amines) is 1. The van der Waals surface area contributed by atoms with Crippen molar-refractivity contribution in [1.82, 2.24) is 20.0 Å². The lowest BCUT2D eigenvalue weighted by atomic mass is 10.1. The Morgan fingerprint density at radius 3 is 2.74 bits per heavy atom. The molecular formula is C18H32N4O. The van der Waals surface area contributed by atoms with Gasteiger partial charge in [-0.25, -0.2) is 0 Å². The molecule has 1 aliphatic rings. The van der Waals surface area contributed by atoms with Gasteiger partial charge in [0.25, 0.3) is 5.91 Å². The normalized spacial score (nSPS) is 19.3. The van der Waals surface area contributed by atoms with Crippen molar-refractivity contribution in [3.63, 3.8) is 0 Å². The minimum atomic E-state index is -0.101. The zero-order valence-corrected chi connectivity index (χ0v) is 15.4. The molecule has 1 fully saturated rings. The van der Waals surface area contributed by atoms with Crippen LogP contribution in [0.25, 0.3) is 0 Å². The van der Waals surface area contributed by atoms with E-state index in [1.807, 2.05) is 4.68 Å². The van der Waals surface area contributed by atoms with Gasteiger partial charge in [-0.05, 0) is 59.0 Å². The summed E-state index contributed by atoms with van der Waals surface area (Å²) < 4.78 is 1.97. The van der Waals surface area contributed by atoms with Crippen LogP contribution in [0.4, 0.5) is 0 Å². The first-order valence-corrected chi connectivity index (χ1v) is 8.94. The Morgan fingerprint density at radius 1 is 1.39 bits per heavy atom.